The second-order valence-electron chi connectivity index (χ2n) is 10.4. The van der Waals surface area contributed by atoms with Crippen molar-refractivity contribution >= 4 is 39.3 Å². The third-order valence-electron chi connectivity index (χ3n) is 6.63. The van der Waals surface area contributed by atoms with Gasteiger partial charge in [0.25, 0.3) is 0 Å². The van der Waals surface area contributed by atoms with Crippen LogP contribution in [0.4, 0.5) is 17.5 Å². The summed E-state index contributed by atoms with van der Waals surface area (Å²) in [4.78, 5) is 9.49. The van der Waals surface area contributed by atoms with Crippen molar-refractivity contribution in [2.45, 2.75) is 76.2 Å². The Kier molecular flexibility index (Phi) is 10.1. The largest absolute Gasteiger partial charge is 0.491 e. The lowest BCUT2D eigenvalue weighted by Gasteiger charge is -2.26. The average Bonchev–Trinajstić information content (AvgIpc) is 3.43. The number of nitrogens with one attached hydrogen (secondary N) is 4. The number of fused-ring (bicyclic) bond motifs is 1. The summed E-state index contributed by atoms with van der Waals surface area (Å²) in [5, 5.41) is 17.4. The minimum absolute atomic E-state index is 0.0326. The van der Waals surface area contributed by atoms with Gasteiger partial charge in [0, 0.05) is 18.3 Å². The summed E-state index contributed by atoms with van der Waals surface area (Å²) in [5.74, 6) is 2.08. The predicted molar refractivity (Wildman–Crippen MR) is 164 cm³/mol. The van der Waals surface area contributed by atoms with Crippen LogP contribution in [0.5, 0.6) is 5.75 Å². The minimum Gasteiger partial charge on any atom is -0.491 e. The lowest BCUT2D eigenvalue weighted by molar-refractivity contribution is 0.241. The number of nitrogens with zero attached hydrogens (tertiary/aromatic N) is 3. The van der Waals surface area contributed by atoms with Crippen molar-refractivity contribution in [2.24, 2.45) is 0 Å². The van der Waals surface area contributed by atoms with Crippen LogP contribution >= 0.6 is 0 Å². The summed E-state index contributed by atoms with van der Waals surface area (Å²) in [6, 6.07) is 14.5. The summed E-state index contributed by atoms with van der Waals surface area (Å²) in [5.41, 5.74) is 4.17. The SMILES string of the molecule is CNc1nc(Nc2ccccc2S(=O)C(C)C)c2cn[nH]c2n1.Cc1ccc(OC(C)C)cc1C1CCCCN1. The van der Waals surface area contributed by atoms with Crippen molar-refractivity contribution in [1.29, 1.82) is 0 Å². The maximum Gasteiger partial charge on any atom is 0.226 e. The molecule has 40 heavy (non-hydrogen) atoms. The first kappa shape index (κ1) is 29.5. The van der Waals surface area contributed by atoms with Crippen LogP contribution < -0.4 is 20.7 Å². The fourth-order valence-electron chi connectivity index (χ4n) is 4.63. The molecule has 1 aliphatic heterocycles. The predicted octanol–water partition coefficient (Wildman–Crippen LogP) is 6.25. The van der Waals surface area contributed by atoms with Crippen molar-refractivity contribution in [3.8, 4) is 5.75 Å². The van der Waals surface area contributed by atoms with E-state index in [1.165, 1.54) is 30.4 Å². The number of aromatic nitrogens is 4. The number of benzene rings is 2. The van der Waals surface area contributed by atoms with E-state index in [-0.39, 0.29) is 11.4 Å². The molecule has 0 saturated carbocycles. The van der Waals surface area contributed by atoms with Crippen LogP contribution in [0.3, 0.4) is 0 Å². The van der Waals surface area contributed by atoms with Crippen molar-refractivity contribution < 1.29 is 8.95 Å². The molecule has 2 atom stereocenters. The highest BCUT2D eigenvalue weighted by atomic mass is 32.2. The zero-order valence-corrected chi connectivity index (χ0v) is 25.1. The van der Waals surface area contributed by atoms with E-state index < -0.39 is 10.8 Å². The smallest absolute Gasteiger partial charge is 0.226 e. The Bertz CT molecular complexity index is 1430. The first-order valence-electron chi connectivity index (χ1n) is 13.9. The molecule has 2 aromatic heterocycles. The summed E-state index contributed by atoms with van der Waals surface area (Å²) >= 11 is 0. The van der Waals surface area contributed by atoms with E-state index in [0.29, 0.717) is 23.5 Å². The van der Waals surface area contributed by atoms with Gasteiger partial charge in [-0.1, -0.05) is 38.5 Å². The molecule has 0 spiro atoms. The number of hydrogen-bond acceptors (Lipinski definition) is 8. The number of aromatic amines is 1. The Morgan fingerprint density at radius 3 is 2.58 bits per heavy atom. The van der Waals surface area contributed by atoms with E-state index in [1.54, 1.807) is 13.2 Å². The van der Waals surface area contributed by atoms with Crippen LogP contribution in [0.25, 0.3) is 11.0 Å². The van der Waals surface area contributed by atoms with Gasteiger partial charge in [-0.15, -0.1) is 0 Å². The number of para-hydroxylation sites is 1. The molecular formula is C30H41N7O2S. The third kappa shape index (κ3) is 7.37. The number of aryl methyl sites for hydroxylation is 1. The van der Waals surface area contributed by atoms with Crippen LogP contribution in [0.15, 0.2) is 53.6 Å². The molecule has 3 heterocycles. The Morgan fingerprint density at radius 1 is 1.07 bits per heavy atom. The summed E-state index contributed by atoms with van der Waals surface area (Å²) in [6.07, 6.45) is 5.78. The van der Waals surface area contributed by atoms with Gasteiger partial charge in [0.15, 0.2) is 5.65 Å². The number of hydrogen-bond donors (Lipinski definition) is 4. The first-order valence-corrected chi connectivity index (χ1v) is 15.1. The molecule has 0 aliphatic carbocycles. The highest BCUT2D eigenvalue weighted by Gasteiger charge is 2.18. The van der Waals surface area contributed by atoms with Gasteiger partial charge in [-0.05, 0) is 75.5 Å². The molecule has 5 rings (SSSR count). The minimum atomic E-state index is -1.10. The van der Waals surface area contributed by atoms with Crippen molar-refractivity contribution in [3.05, 3.63) is 59.8 Å². The Labute approximate surface area is 239 Å². The van der Waals surface area contributed by atoms with Gasteiger partial charge in [0.1, 0.15) is 11.6 Å². The molecule has 0 radical (unpaired) electrons. The second-order valence-corrected chi connectivity index (χ2v) is 12.4. The second kappa shape index (κ2) is 13.7. The third-order valence-corrected chi connectivity index (χ3v) is 8.27. The van der Waals surface area contributed by atoms with Crippen LogP contribution in [-0.2, 0) is 10.8 Å². The molecule has 0 amide bonds. The summed E-state index contributed by atoms with van der Waals surface area (Å²) in [7, 11) is 0.657. The molecule has 10 heteroatoms. The Hall–Kier alpha value is -3.50. The number of piperidine rings is 1. The molecule has 214 valence electrons. The standard InChI is InChI=1S/C15H18N6OS.C15H23NO/c1-9(2)23(22)12-7-5-4-6-11(12)18-13-10-8-17-21-14(10)20-15(16-3)19-13;1-11(2)17-13-8-7-12(3)14(10-13)15-6-4-5-9-16-15/h4-9H,1-3H3,(H3,16,17,18,19,20,21);7-8,10-11,15-16H,4-6,9H2,1-3H3. The van der Waals surface area contributed by atoms with Gasteiger partial charge in [0.2, 0.25) is 5.95 Å². The van der Waals surface area contributed by atoms with Gasteiger partial charge < -0.3 is 20.7 Å². The summed E-state index contributed by atoms with van der Waals surface area (Å²) < 4.78 is 18.3. The van der Waals surface area contributed by atoms with E-state index in [1.807, 2.05) is 38.1 Å². The monoisotopic (exact) mass is 563 g/mol. The van der Waals surface area contributed by atoms with Crippen LogP contribution in [-0.4, -0.2) is 49.3 Å². The fourth-order valence-corrected chi connectivity index (χ4v) is 5.68. The van der Waals surface area contributed by atoms with Crippen molar-refractivity contribution in [3.63, 3.8) is 0 Å². The first-order chi connectivity index (χ1) is 19.3. The molecule has 9 nitrogen and oxygen atoms in total. The van der Waals surface area contributed by atoms with Gasteiger partial charge in [-0.2, -0.15) is 15.1 Å². The molecular weight excluding hydrogens is 522 g/mol. The van der Waals surface area contributed by atoms with Gasteiger partial charge in [0.05, 0.1) is 39.1 Å². The van der Waals surface area contributed by atoms with E-state index in [2.05, 4.69) is 75.1 Å². The Morgan fingerprint density at radius 2 is 1.88 bits per heavy atom. The molecule has 2 aromatic carbocycles. The van der Waals surface area contributed by atoms with E-state index in [9.17, 15) is 4.21 Å². The molecule has 1 fully saturated rings. The molecule has 1 saturated heterocycles. The van der Waals surface area contributed by atoms with Gasteiger partial charge in [-0.3, -0.25) is 9.31 Å². The summed E-state index contributed by atoms with van der Waals surface area (Å²) in [6.45, 7) is 11.3. The average molecular weight is 564 g/mol. The van der Waals surface area contributed by atoms with Gasteiger partial charge >= 0.3 is 0 Å². The highest BCUT2D eigenvalue weighted by Crippen LogP contribution is 2.30. The fraction of sp³-hybridized carbons (Fsp3) is 0.433. The number of rotatable bonds is 8. The quantitative estimate of drug-likeness (QED) is 0.199. The normalized spacial score (nSPS) is 15.9. The van der Waals surface area contributed by atoms with Crippen molar-refractivity contribution in [2.75, 3.05) is 24.2 Å². The van der Waals surface area contributed by atoms with Gasteiger partial charge in [-0.25, -0.2) is 0 Å². The van der Waals surface area contributed by atoms with Crippen molar-refractivity contribution in [1.82, 2.24) is 25.5 Å². The van der Waals surface area contributed by atoms with Crippen LogP contribution in [0.2, 0.25) is 0 Å². The Balaban J connectivity index is 0.000000194. The maximum atomic E-state index is 12.5. The van der Waals surface area contributed by atoms with E-state index in [4.69, 9.17) is 4.74 Å². The van der Waals surface area contributed by atoms with E-state index >= 15 is 0 Å². The maximum absolute atomic E-state index is 12.5. The molecule has 4 aromatic rings. The number of anilines is 3. The molecule has 4 N–H and O–H groups in total. The highest BCUT2D eigenvalue weighted by molar-refractivity contribution is 7.85. The molecule has 0 bridgehead atoms. The van der Waals surface area contributed by atoms with Crippen LogP contribution in [0.1, 0.15) is 64.1 Å². The topological polar surface area (TPSA) is 117 Å². The molecule has 1 aliphatic rings. The molecule has 2 unspecified atom stereocenters. The van der Waals surface area contributed by atoms with E-state index in [0.717, 1.165) is 28.3 Å². The number of H-pyrrole nitrogens is 1. The van der Waals surface area contributed by atoms with Crippen LogP contribution in [0, 0.1) is 6.92 Å². The number of ether oxygens (including phenoxy) is 1. The zero-order chi connectivity index (χ0) is 28.6. The lowest BCUT2D eigenvalue weighted by Crippen LogP contribution is -2.27. The zero-order valence-electron chi connectivity index (χ0n) is 24.2. The lowest BCUT2D eigenvalue weighted by atomic mass is 9.94.